The molecule has 1 aromatic rings. The lowest BCUT2D eigenvalue weighted by atomic mass is 10.2. The Balaban J connectivity index is 2.75. The molecule has 0 aliphatic rings. The molecule has 1 rings (SSSR count). The van der Waals surface area contributed by atoms with Gasteiger partial charge in [-0.1, -0.05) is 0 Å². The summed E-state index contributed by atoms with van der Waals surface area (Å²) in [6.07, 6.45) is 0. The highest BCUT2D eigenvalue weighted by Gasteiger charge is 2.08. The van der Waals surface area contributed by atoms with E-state index in [0.29, 0.717) is 17.0 Å². The topological polar surface area (TPSA) is 79.3 Å². The molecule has 0 heterocycles. The third-order valence-electron chi connectivity index (χ3n) is 1.97. The van der Waals surface area contributed by atoms with E-state index in [9.17, 15) is 4.79 Å². The summed E-state index contributed by atoms with van der Waals surface area (Å²) in [5, 5.41) is 8.84. The number of carbonyl (C=O) groups excluding carboxylic acids is 1. The lowest BCUT2D eigenvalue weighted by Gasteiger charge is -2.12. The molecule has 0 aliphatic carbocycles. The normalized spacial score (nSPS) is 9.31. The standard InChI is InChI=1S/C11H13N3O2/c1-14(2)11(15)7-16-10-4-3-9(13)5-8(10)6-12/h3-5H,7,13H2,1-2H3. The van der Waals surface area contributed by atoms with Gasteiger partial charge in [-0.25, -0.2) is 0 Å². The number of hydrogen-bond acceptors (Lipinski definition) is 4. The Kier molecular flexibility index (Phi) is 3.72. The average Bonchev–Trinajstić information content (AvgIpc) is 2.26. The van der Waals surface area contributed by atoms with Gasteiger partial charge in [0.05, 0.1) is 5.56 Å². The Hall–Kier alpha value is -2.22. The largest absolute Gasteiger partial charge is 0.482 e. The molecule has 5 heteroatoms. The first-order valence-corrected chi connectivity index (χ1v) is 4.67. The predicted octanol–water partition coefficient (Wildman–Crippen LogP) is 0.607. The Morgan fingerprint density at radius 3 is 2.81 bits per heavy atom. The number of nitriles is 1. The molecule has 0 aromatic heterocycles. The fraction of sp³-hybridized carbons (Fsp3) is 0.273. The van der Waals surface area contributed by atoms with E-state index in [1.807, 2.05) is 6.07 Å². The van der Waals surface area contributed by atoms with E-state index in [1.54, 1.807) is 26.2 Å². The Morgan fingerprint density at radius 1 is 1.56 bits per heavy atom. The highest BCUT2D eigenvalue weighted by atomic mass is 16.5. The summed E-state index contributed by atoms with van der Waals surface area (Å²) in [5.41, 5.74) is 6.34. The molecule has 0 radical (unpaired) electrons. The summed E-state index contributed by atoms with van der Waals surface area (Å²) in [4.78, 5) is 12.7. The van der Waals surface area contributed by atoms with Gasteiger partial charge in [-0.05, 0) is 18.2 Å². The van der Waals surface area contributed by atoms with Crippen LogP contribution in [-0.2, 0) is 4.79 Å². The van der Waals surface area contributed by atoms with Gasteiger partial charge in [-0.2, -0.15) is 5.26 Å². The lowest BCUT2D eigenvalue weighted by molar-refractivity contribution is -0.130. The van der Waals surface area contributed by atoms with E-state index >= 15 is 0 Å². The van der Waals surface area contributed by atoms with Gasteiger partial charge < -0.3 is 15.4 Å². The first-order valence-electron chi connectivity index (χ1n) is 4.67. The maximum atomic E-state index is 11.3. The van der Waals surface area contributed by atoms with Crippen molar-refractivity contribution in [3.63, 3.8) is 0 Å². The second-order valence-electron chi connectivity index (χ2n) is 3.44. The number of amides is 1. The quantitative estimate of drug-likeness (QED) is 0.755. The minimum absolute atomic E-state index is 0.0917. The summed E-state index contributed by atoms with van der Waals surface area (Å²) in [6, 6.07) is 6.67. The van der Waals surface area contributed by atoms with E-state index in [2.05, 4.69) is 0 Å². The number of benzene rings is 1. The van der Waals surface area contributed by atoms with Crippen LogP contribution in [0.15, 0.2) is 18.2 Å². The van der Waals surface area contributed by atoms with Gasteiger partial charge in [-0.3, -0.25) is 4.79 Å². The molecule has 5 nitrogen and oxygen atoms in total. The number of nitrogens with two attached hydrogens (primary N) is 1. The summed E-state index contributed by atoms with van der Waals surface area (Å²) in [7, 11) is 3.28. The van der Waals surface area contributed by atoms with Crippen molar-refractivity contribution in [1.82, 2.24) is 4.90 Å². The molecule has 16 heavy (non-hydrogen) atoms. The van der Waals surface area contributed by atoms with Crippen molar-refractivity contribution >= 4 is 11.6 Å². The molecule has 2 N–H and O–H groups in total. The molecule has 0 aliphatic heterocycles. The van der Waals surface area contributed by atoms with Crippen LogP contribution in [0.1, 0.15) is 5.56 Å². The van der Waals surface area contributed by atoms with E-state index in [0.717, 1.165) is 0 Å². The molecule has 0 unspecified atom stereocenters. The van der Waals surface area contributed by atoms with Gasteiger partial charge >= 0.3 is 0 Å². The van der Waals surface area contributed by atoms with Crippen LogP contribution in [0.25, 0.3) is 0 Å². The zero-order chi connectivity index (χ0) is 12.1. The molecule has 1 amide bonds. The van der Waals surface area contributed by atoms with Crippen LogP contribution >= 0.6 is 0 Å². The van der Waals surface area contributed by atoms with Crippen molar-refractivity contribution in [1.29, 1.82) is 5.26 Å². The minimum atomic E-state index is -0.166. The molecule has 0 saturated carbocycles. The maximum absolute atomic E-state index is 11.3. The summed E-state index contributed by atoms with van der Waals surface area (Å²) >= 11 is 0. The summed E-state index contributed by atoms with van der Waals surface area (Å²) in [5.74, 6) is 0.201. The van der Waals surface area contributed by atoms with Crippen molar-refractivity contribution in [3.05, 3.63) is 23.8 Å². The molecule has 0 fully saturated rings. The van der Waals surface area contributed by atoms with Crippen molar-refractivity contribution in [2.24, 2.45) is 0 Å². The van der Waals surface area contributed by atoms with Crippen LogP contribution < -0.4 is 10.5 Å². The Morgan fingerprint density at radius 2 is 2.25 bits per heavy atom. The number of carbonyl (C=O) groups is 1. The van der Waals surface area contributed by atoms with Crippen molar-refractivity contribution in [3.8, 4) is 11.8 Å². The Bertz CT molecular complexity index is 435. The van der Waals surface area contributed by atoms with Gasteiger partial charge in [0, 0.05) is 19.8 Å². The SMILES string of the molecule is CN(C)C(=O)COc1ccc(N)cc1C#N. The monoisotopic (exact) mass is 219 g/mol. The first kappa shape index (κ1) is 11.9. The molecule has 0 bridgehead atoms. The highest BCUT2D eigenvalue weighted by Crippen LogP contribution is 2.20. The molecule has 1 aromatic carbocycles. The lowest BCUT2D eigenvalue weighted by Crippen LogP contribution is -2.27. The van der Waals surface area contributed by atoms with Gasteiger partial charge in [0.1, 0.15) is 11.8 Å². The van der Waals surface area contributed by atoms with E-state index < -0.39 is 0 Å². The van der Waals surface area contributed by atoms with Crippen LogP contribution in [0.5, 0.6) is 5.75 Å². The van der Waals surface area contributed by atoms with Crippen LogP contribution in [-0.4, -0.2) is 31.5 Å². The molecular formula is C11H13N3O2. The first-order chi connectivity index (χ1) is 7.54. The molecule has 0 saturated heterocycles. The second-order valence-corrected chi connectivity index (χ2v) is 3.44. The van der Waals surface area contributed by atoms with Gasteiger partial charge in [0.2, 0.25) is 0 Å². The predicted molar refractivity (Wildman–Crippen MR) is 59.8 cm³/mol. The third kappa shape index (κ3) is 2.89. The smallest absolute Gasteiger partial charge is 0.259 e. The van der Waals surface area contributed by atoms with Gasteiger partial charge in [0.15, 0.2) is 6.61 Å². The fourth-order valence-corrected chi connectivity index (χ4v) is 1.03. The van der Waals surface area contributed by atoms with E-state index in [1.165, 1.54) is 11.0 Å². The third-order valence-corrected chi connectivity index (χ3v) is 1.97. The zero-order valence-electron chi connectivity index (χ0n) is 9.23. The number of nitrogen functional groups attached to an aromatic ring is 1. The number of likely N-dealkylation sites (N-methyl/N-ethyl adjacent to an activating group) is 1. The van der Waals surface area contributed by atoms with Gasteiger partial charge in [-0.15, -0.1) is 0 Å². The molecule has 0 spiro atoms. The molecule has 84 valence electrons. The number of anilines is 1. The fourth-order valence-electron chi connectivity index (χ4n) is 1.03. The molecular weight excluding hydrogens is 206 g/mol. The van der Waals surface area contributed by atoms with E-state index in [-0.39, 0.29) is 12.5 Å². The second kappa shape index (κ2) is 5.03. The molecule has 0 atom stereocenters. The van der Waals surface area contributed by atoms with Gasteiger partial charge in [0.25, 0.3) is 5.91 Å². The maximum Gasteiger partial charge on any atom is 0.259 e. The van der Waals surface area contributed by atoms with Crippen LogP contribution in [0.3, 0.4) is 0 Å². The highest BCUT2D eigenvalue weighted by molar-refractivity contribution is 5.77. The van der Waals surface area contributed by atoms with Crippen LogP contribution in [0, 0.1) is 11.3 Å². The van der Waals surface area contributed by atoms with Crippen LogP contribution in [0.4, 0.5) is 5.69 Å². The van der Waals surface area contributed by atoms with Crippen molar-refractivity contribution < 1.29 is 9.53 Å². The van der Waals surface area contributed by atoms with E-state index in [4.69, 9.17) is 15.7 Å². The average molecular weight is 219 g/mol. The summed E-state index contributed by atoms with van der Waals surface area (Å²) in [6.45, 7) is -0.0917. The Labute approximate surface area is 94.0 Å². The number of nitrogens with zero attached hydrogens (tertiary/aromatic N) is 2. The number of ether oxygens (including phenoxy) is 1. The van der Waals surface area contributed by atoms with Crippen LogP contribution in [0.2, 0.25) is 0 Å². The van der Waals surface area contributed by atoms with Crippen molar-refractivity contribution in [2.75, 3.05) is 26.4 Å². The number of hydrogen-bond donors (Lipinski definition) is 1. The minimum Gasteiger partial charge on any atom is -0.482 e. The summed E-state index contributed by atoms with van der Waals surface area (Å²) < 4.78 is 5.24. The number of rotatable bonds is 3. The van der Waals surface area contributed by atoms with Crippen molar-refractivity contribution in [2.45, 2.75) is 0 Å². The zero-order valence-corrected chi connectivity index (χ0v) is 9.23.